The molecule has 0 aliphatic carbocycles. The molecule has 10 heteroatoms. The number of carbonyl (C=O) groups is 3. The van der Waals surface area contributed by atoms with Crippen molar-refractivity contribution < 1.29 is 19.1 Å². The Morgan fingerprint density at radius 3 is 2.04 bits per heavy atom. The largest absolute Gasteiger partial charge is 0.493 e. The highest BCUT2D eigenvalue weighted by Gasteiger charge is 2.60. The zero-order valence-electron chi connectivity index (χ0n) is 28.1. The Kier molecular flexibility index (Phi) is 9.50. The van der Waals surface area contributed by atoms with Crippen LogP contribution in [0.25, 0.3) is 0 Å². The number of aliphatic imine (C=N–C) groups is 1. The van der Waals surface area contributed by atoms with Crippen LogP contribution in [0, 0.1) is 0 Å². The summed E-state index contributed by atoms with van der Waals surface area (Å²) in [5, 5.41) is 1.14. The molecule has 248 valence electrons. The number of Topliss-reactive ketones (excluding diaryl/α,β-unsaturated/α-hetero) is 1. The molecule has 2 heterocycles. The summed E-state index contributed by atoms with van der Waals surface area (Å²) in [5.74, 6) is 0.643. The highest BCUT2D eigenvalue weighted by Crippen LogP contribution is 2.54. The summed E-state index contributed by atoms with van der Waals surface area (Å²) in [4.78, 5) is 50.3. The number of nitrogens with zero attached hydrogens (tertiary/aromatic N) is 4. The van der Waals surface area contributed by atoms with Crippen molar-refractivity contribution in [2.75, 3.05) is 32.8 Å². The molecule has 3 aromatic carbocycles. The SMILES string of the molecule is CCOc1cc(C(C)(C)C)ccc1C1=NC(C)(c2ccc(Cl)cc2)C(C)(c2ccc(Cl)cc2)N1C(=O)N1CCN(CC(C)=O)C(=O)C1. The molecule has 1 fully saturated rings. The number of rotatable bonds is 7. The maximum atomic E-state index is 15.0. The van der Waals surface area contributed by atoms with Crippen molar-refractivity contribution in [3.8, 4) is 5.75 Å². The van der Waals surface area contributed by atoms with Gasteiger partial charge >= 0.3 is 6.03 Å². The second kappa shape index (κ2) is 13.0. The molecule has 3 aromatic rings. The average Bonchev–Trinajstić information content (AvgIpc) is 3.26. The number of ketones is 1. The van der Waals surface area contributed by atoms with Gasteiger partial charge in [0, 0.05) is 23.1 Å². The third-order valence-electron chi connectivity index (χ3n) is 9.33. The Morgan fingerprint density at radius 2 is 1.51 bits per heavy atom. The summed E-state index contributed by atoms with van der Waals surface area (Å²) in [7, 11) is 0. The van der Waals surface area contributed by atoms with E-state index in [2.05, 4.69) is 20.8 Å². The lowest BCUT2D eigenvalue weighted by atomic mass is 9.71. The molecule has 0 aromatic heterocycles. The van der Waals surface area contributed by atoms with Crippen LogP contribution in [0.15, 0.2) is 71.7 Å². The number of carbonyl (C=O) groups excluding carboxylic acids is 3. The molecule has 1 saturated heterocycles. The number of hydrogen-bond donors (Lipinski definition) is 0. The number of urea groups is 1. The van der Waals surface area contributed by atoms with E-state index in [1.807, 2.05) is 75.4 Å². The van der Waals surface area contributed by atoms with Crippen LogP contribution in [0.3, 0.4) is 0 Å². The van der Waals surface area contributed by atoms with E-state index in [0.29, 0.717) is 33.8 Å². The van der Waals surface area contributed by atoms with Crippen LogP contribution in [-0.4, -0.2) is 71.0 Å². The lowest BCUT2D eigenvalue weighted by Crippen LogP contribution is -2.62. The number of ether oxygens (including phenoxy) is 1. The van der Waals surface area contributed by atoms with Crippen LogP contribution >= 0.6 is 23.2 Å². The van der Waals surface area contributed by atoms with Gasteiger partial charge in [-0.15, -0.1) is 0 Å². The van der Waals surface area contributed by atoms with E-state index < -0.39 is 11.1 Å². The van der Waals surface area contributed by atoms with E-state index in [9.17, 15) is 9.59 Å². The van der Waals surface area contributed by atoms with E-state index in [4.69, 9.17) is 32.9 Å². The van der Waals surface area contributed by atoms with Gasteiger partial charge in [-0.1, -0.05) is 74.3 Å². The molecule has 2 aliphatic heterocycles. The standard InChI is InChI=1S/C37H42Cl2N4O4/c1-8-47-31-21-27(35(3,4)5)13-18-30(31)33-40-36(6,25-9-14-28(38)15-10-25)37(7,26-11-16-29(39)17-12-26)43(33)34(46)42-20-19-41(22-24(2)44)32(45)23-42/h9-18,21H,8,19-20,22-23H2,1-7H3. The quantitative estimate of drug-likeness (QED) is 0.261. The topological polar surface area (TPSA) is 82.5 Å². The molecular weight excluding hydrogens is 635 g/mol. The molecule has 47 heavy (non-hydrogen) atoms. The minimum atomic E-state index is -1.11. The Hall–Kier alpha value is -3.88. The summed E-state index contributed by atoms with van der Waals surface area (Å²) in [6.45, 7) is 14.6. The predicted octanol–water partition coefficient (Wildman–Crippen LogP) is 7.44. The fourth-order valence-electron chi connectivity index (χ4n) is 6.46. The lowest BCUT2D eigenvalue weighted by Gasteiger charge is -2.47. The van der Waals surface area contributed by atoms with Crippen LogP contribution < -0.4 is 4.74 Å². The van der Waals surface area contributed by atoms with Crippen molar-refractivity contribution >= 4 is 46.8 Å². The second-order valence-electron chi connectivity index (χ2n) is 13.5. The molecular formula is C37H42Cl2N4O4. The van der Waals surface area contributed by atoms with Gasteiger partial charge in [0.15, 0.2) is 0 Å². The normalized spacial score (nSPS) is 21.6. The van der Waals surface area contributed by atoms with Crippen LogP contribution in [0.2, 0.25) is 10.0 Å². The molecule has 2 unspecified atom stereocenters. The first kappa shape index (κ1) is 34.5. The van der Waals surface area contributed by atoms with Gasteiger partial charge in [0.1, 0.15) is 35.0 Å². The van der Waals surface area contributed by atoms with Crippen LogP contribution in [-0.2, 0) is 26.1 Å². The lowest BCUT2D eigenvalue weighted by molar-refractivity contribution is -0.138. The van der Waals surface area contributed by atoms with E-state index in [0.717, 1.165) is 16.7 Å². The number of piperazine rings is 1. The fourth-order valence-corrected chi connectivity index (χ4v) is 6.72. The molecule has 2 aliphatic rings. The Bertz CT molecular complexity index is 1720. The van der Waals surface area contributed by atoms with Gasteiger partial charge in [0.2, 0.25) is 5.91 Å². The maximum absolute atomic E-state index is 15.0. The Morgan fingerprint density at radius 1 is 0.915 bits per heavy atom. The van der Waals surface area contributed by atoms with E-state index in [-0.39, 0.29) is 49.3 Å². The molecule has 0 spiro atoms. The van der Waals surface area contributed by atoms with E-state index >= 15 is 4.79 Å². The zero-order chi connectivity index (χ0) is 34.3. The van der Waals surface area contributed by atoms with Crippen LogP contribution in [0.5, 0.6) is 5.75 Å². The molecule has 3 amide bonds. The Labute approximate surface area is 287 Å². The summed E-state index contributed by atoms with van der Waals surface area (Å²) in [5.41, 5.74) is 1.11. The summed E-state index contributed by atoms with van der Waals surface area (Å²) >= 11 is 12.7. The number of amidine groups is 1. The van der Waals surface area contributed by atoms with Gasteiger partial charge in [-0.3, -0.25) is 19.5 Å². The first-order chi connectivity index (χ1) is 22.1. The summed E-state index contributed by atoms with van der Waals surface area (Å²) in [6.07, 6.45) is 0. The Balaban J connectivity index is 1.75. The minimum Gasteiger partial charge on any atom is -0.493 e. The van der Waals surface area contributed by atoms with E-state index in [1.165, 1.54) is 11.8 Å². The molecule has 0 N–H and O–H groups in total. The first-order valence-corrected chi connectivity index (χ1v) is 16.6. The van der Waals surface area contributed by atoms with Crippen LogP contribution in [0.1, 0.15) is 70.7 Å². The molecule has 0 saturated carbocycles. The third kappa shape index (κ3) is 6.38. The van der Waals surface area contributed by atoms with Crippen molar-refractivity contribution in [2.24, 2.45) is 4.99 Å². The smallest absolute Gasteiger partial charge is 0.327 e. The number of benzene rings is 3. The van der Waals surface area contributed by atoms with Crippen molar-refractivity contribution in [2.45, 2.75) is 65.0 Å². The molecule has 5 rings (SSSR count). The van der Waals surface area contributed by atoms with E-state index in [1.54, 1.807) is 21.9 Å². The highest BCUT2D eigenvalue weighted by atomic mass is 35.5. The number of amides is 3. The fraction of sp³-hybridized carbons (Fsp3) is 0.405. The molecule has 8 nitrogen and oxygen atoms in total. The van der Waals surface area contributed by atoms with Gasteiger partial charge in [-0.05, 0) is 86.2 Å². The minimum absolute atomic E-state index is 0.0201. The van der Waals surface area contributed by atoms with Crippen molar-refractivity contribution in [1.29, 1.82) is 0 Å². The van der Waals surface area contributed by atoms with Gasteiger partial charge in [-0.2, -0.15) is 0 Å². The van der Waals surface area contributed by atoms with Crippen molar-refractivity contribution in [3.63, 3.8) is 0 Å². The van der Waals surface area contributed by atoms with Gasteiger partial charge in [-0.25, -0.2) is 4.79 Å². The maximum Gasteiger partial charge on any atom is 0.327 e. The van der Waals surface area contributed by atoms with Crippen LogP contribution in [0.4, 0.5) is 4.79 Å². The number of halogens is 2. The number of hydrogen-bond acceptors (Lipinski definition) is 5. The van der Waals surface area contributed by atoms with Crippen molar-refractivity contribution in [1.82, 2.24) is 14.7 Å². The third-order valence-corrected chi connectivity index (χ3v) is 9.84. The van der Waals surface area contributed by atoms with Crippen molar-refractivity contribution in [3.05, 3.63) is 99.0 Å². The molecule has 2 atom stereocenters. The first-order valence-electron chi connectivity index (χ1n) is 15.9. The van der Waals surface area contributed by atoms with Gasteiger partial charge in [0.05, 0.1) is 18.7 Å². The molecule has 0 radical (unpaired) electrons. The highest BCUT2D eigenvalue weighted by molar-refractivity contribution is 6.30. The predicted molar refractivity (Wildman–Crippen MR) is 187 cm³/mol. The summed E-state index contributed by atoms with van der Waals surface area (Å²) < 4.78 is 6.25. The second-order valence-corrected chi connectivity index (χ2v) is 14.4. The zero-order valence-corrected chi connectivity index (χ0v) is 29.6. The van der Waals surface area contributed by atoms with Gasteiger partial charge < -0.3 is 14.5 Å². The molecule has 0 bridgehead atoms. The van der Waals surface area contributed by atoms with Gasteiger partial charge in [0.25, 0.3) is 0 Å². The average molecular weight is 678 g/mol. The summed E-state index contributed by atoms with van der Waals surface area (Å²) in [6, 6.07) is 20.6. The monoisotopic (exact) mass is 676 g/mol.